The third kappa shape index (κ3) is 3.79. The predicted octanol–water partition coefficient (Wildman–Crippen LogP) is 2.77. The van der Waals surface area contributed by atoms with Crippen molar-refractivity contribution >= 4 is 34.7 Å². The average molecular weight is 299 g/mol. The highest BCUT2D eigenvalue weighted by Crippen LogP contribution is 2.21. The summed E-state index contributed by atoms with van der Waals surface area (Å²) >= 11 is 7.56. The average Bonchev–Trinajstić information content (AvgIpc) is 2.93. The van der Waals surface area contributed by atoms with E-state index < -0.39 is 6.10 Å². The Kier molecular flexibility index (Phi) is 4.95. The van der Waals surface area contributed by atoms with E-state index in [1.165, 1.54) is 6.20 Å². The van der Waals surface area contributed by atoms with Gasteiger partial charge in [0.2, 0.25) is 5.95 Å². The summed E-state index contributed by atoms with van der Waals surface area (Å²) in [6.45, 7) is 3.04. The summed E-state index contributed by atoms with van der Waals surface area (Å²) in [4.78, 5) is 8.29. The maximum absolute atomic E-state index is 9.98. The minimum absolute atomic E-state index is 0.346. The van der Waals surface area contributed by atoms with Crippen LogP contribution in [0.15, 0.2) is 23.0 Å². The van der Waals surface area contributed by atoms with E-state index in [9.17, 15) is 5.11 Å². The number of rotatable bonds is 6. The first-order chi connectivity index (χ1) is 9.20. The Bertz CT molecular complexity index is 520. The molecule has 7 heteroatoms. The van der Waals surface area contributed by atoms with Crippen molar-refractivity contribution in [2.24, 2.45) is 0 Å². The molecule has 102 valence electrons. The number of aliphatic hydroxyl groups is 1. The van der Waals surface area contributed by atoms with Crippen LogP contribution in [-0.2, 0) is 0 Å². The molecule has 0 spiro atoms. The second-order valence-electron chi connectivity index (χ2n) is 3.87. The van der Waals surface area contributed by atoms with Crippen molar-refractivity contribution in [2.45, 2.75) is 13.0 Å². The summed E-state index contributed by atoms with van der Waals surface area (Å²) in [6.07, 6.45) is 0.950. The minimum Gasteiger partial charge on any atom is -0.387 e. The monoisotopic (exact) mass is 298 g/mol. The van der Waals surface area contributed by atoms with Gasteiger partial charge < -0.3 is 15.7 Å². The molecule has 0 aliphatic carbocycles. The molecular weight excluding hydrogens is 284 g/mol. The van der Waals surface area contributed by atoms with E-state index in [-0.39, 0.29) is 0 Å². The quantitative estimate of drug-likeness (QED) is 0.765. The Balaban J connectivity index is 2.00. The number of halogens is 1. The summed E-state index contributed by atoms with van der Waals surface area (Å²) in [7, 11) is 0. The SMILES string of the molecule is CCNc1ncc(Cl)c(NCC(O)c2ccsc2)n1. The van der Waals surface area contributed by atoms with E-state index in [0.717, 1.165) is 12.1 Å². The van der Waals surface area contributed by atoms with Crippen LogP contribution >= 0.6 is 22.9 Å². The van der Waals surface area contributed by atoms with Crippen molar-refractivity contribution in [3.63, 3.8) is 0 Å². The van der Waals surface area contributed by atoms with Gasteiger partial charge in [0.15, 0.2) is 5.82 Å². The van der Waals surface area contributed by atoms with Crippen LogP contribution in [0.2, 0.25) is 5.02 Å². The van der Waals surface area contributed by atoms with Gasteiger partial charge in [0.1, 0.15) is 5.02 Å². The first-order valence-corrected chi connectivity index (χ1v) is 7.23. The molecule has 0 saturated heterocycles. The number of aliphatic hydroxyl groups excluding tert-OH is 1. The van der Waals surface area contributed by atoms with E-state index in [1.54, 1.807) is 11.3 Å². The molecule has 2 heterocycles. The molecule has 2 aromatic rings. The summed E-state index contributed by atoms with van der Waals surface area (Å²) in [5.41, 5.74) is 0.884. The largest absolute Gasteiger partial charge is 0.387 e. The highest BCUT2D eigenvalue weighted by Gasteiger charge is 2.10. The molecule has 2 rings (SSSR count). The van der Waals surface area contributed by atoms with E-state index in [4.69, 9.17) is 11.6 Å². The smallest absolute Gasteiger partial charge is 0.224 e. The van der Waals surface area contributed by atoms with Crippen molar-refractivity contribution in [1.29, 1.82) is 0 Å². The number of aromatic nitrogens is 2. The number of thiophene rings is 1. The topological polar surface area (TPSA) is 70.1 Å². The predicted molar refractivity (Wildman–Crippen MR) is 79.0 cm³/mol. The third-order valence-corrected chi connectivity index (χ3v) is 3.45. The molecule has 5 nitrogen and oxygen atoms in total. The zero-order valence-corrected chi connectivity index (χ0v) is 12.0. The molecule has 19 heavy (non-hydrogen) atoms. The molecule has 1 atom stereocenters. The van der Waals surface area contributed by atoms with E-state index >= 15 is 0 Å². The van der Waals surface area contributed by atoms with Gasteiger partial charge in [0.25, 0.3) is 0 Å². The molecule has 3 N–H and O–H groups in total. The molecule has 0 aromatic carbocycles. The number of anilines is 2. The number of hydrogen-bond donors (Lipinski definition) is 3. The van der Waals surface area contributed by atoms with Crippen molar-refractivity contribution in [2.75, 3.05) is 23.7 Å². The van der Waals surface area contributed by atoms with Crippen LogP contribution in [0.4, 0.5) is 11.8 Å². The Morgan fingerprint density at radius 1 is 1.47 bits per heavy atom. The number of hydrogen-bond acceptors (Lipinski definition) is 6. The number of nitrogens with zero attached hydrogens (tertiary/aromatic N) is 2. The van der Waals surface area contributed by atoms with Gasteiger partial charge in [-0.2, -0.15) is 16.3 Å². The fourth-order valence-corrected chi connectivity index (χ4v) is 2.38. The maximum atomic E-state index is 9.98. The summed E-state index contributed by atoms with van der Waals surface area (Å²) in [5.74, 6) is 1.03. The van der Waals surface area contributed by atoms with Gasteiger partial charge in [-0.25, -0.2) is 4.98 Å². The Hall–Kier alpha value is -1.37. The minimum atomic E-state index is -0.583. The second kappa shape index (κ2) is 6.70. The molecule has 0 aliphatic heterocycles. The van der Waals surface area contributed by atoms with Gasteiger partial charge >= 0.3 is 0 Å². The van der Waals surface area contributed by atoms with Crippen LogP contribution in [0.5, 0.6) is 0 Å². The standard InChI is InChI=1S/C12H15ClN4OS/c1-2-14-12-16-5-9(13)11(17-12)15-6-10(18)8-3-4-19-7-8/h3-5,7,10,18H,2,6H2,1H3,(H2,14,15,16,17). The summed E-state index contributed by atoms with van der Waals surface area (Å²) in [6, 6.07) is 1.89. The van der Waals surface area contributed by atoms with Crippen molar-refractivity contribution in [3.8, 4) is 0 Å². The molecule has 0 bridgehead atoms. The lowest BCUT2D eigenvalue weighted by Gasteiger charge is -2.12. The van der Waals surface area contributed by atoms with Crippen molar-refractivity contribution < 1.29 is 5.11 Å². The fraction of sp³-hybridized carbons (Fsp3) is 0.333. The molecule has 0 amide bonds. The highest BCUT2D eigenvalue weighted by atomic mass is 35.5. The maximum Gasteiger partial charge on any atom is 0.224 e. The summed E-state index contributed by atoms with van der Waals surface area (Å²) in [5, 5.41) is 20.3. The van der Waals surface area contributed by atoms with Crippen molar-refractivity contribution in [3.05, 3.63) is 33.6 Å². The zero-order valence-electron chi connectivity index (χ0n) is 10.4. The number of nitrogens with one attached hydrogen (secondary N) is 2. The van der Waals surface area contributed by atoms with Gasteiger partial charge in [-0.3, -0.25) is 0 Å². The van der Waals surface area contributed by atoms with Crippen LogP contribution in [0.25, 0.3) is 0 Å². The summed E-state index contributed by atoms with van der Waals surface area (Å²) < 4.78 is 0. The van der Waals surface area contributed by atoms with Crippen LogP contribution < -0.4 is 10.6 Å². The van der Waals surface area contributed by atoms with E-state index in [2.05, 4.69) is 20.6 Å². The molecule has 0 saturated carbocycles. The Morgan fingerprint density at radius 2 is 2.32 bits per heavy atom. The molecule has 1 unspecified atom stereocenters. The van der Waals surface area contributed by atoms with Crippen LogP contribution in [-0.4, -0.2) is 28.2 Å². The van der Waals surface area contributed by atoms with Gasteiger partial charge in [-0.05, 0) is 29.3 Å². The highest BCUT2D eigenvalue weighted by molar-refractivity contribution is 7.07. The lowest BCUT2D eigenvalue weighted by atomic mass is 10.2. The normalized spacial score (nSPS) is 12.2. The van der Waals surface area contributed by atoms with Crippen LogP contribution in [0.3, 0.4) is 0 Å². The molecule has 0 fully saturated rings. The van der Waals surface area contributed by atoms with Gasteiger partial charge in [0, 0.05) is 13.1 Å². The van der Waals surface area contributed by atoms with Gasteiger partial charge in [-0.15, -0.1) is 0 Å². The molecule has 0 aliphatic rings. The van der Waals surface area contributed by atoms with Crippen LogP contribution in [0.1, 0.15) is 18.6 Å². The zero-order chi connectivity index (χ0) is 13.7. The second-order valence-corrected chi connectivity index (χ2v) is 5.06. The molecule has 0 radical (unpaired) electrons. The molecule has 2 aromatic heterocycles. The lowest BCUT2D eigenvalue weighted by Crippen LogP contribution is -2.13. The van der Waals surface area contributed by atoms with E-state index in [0.29, 0.717) is 23.3 Å². The van der Waals surface area contributed by atoms with Crippen molar-refractivity contribution in [1.82, 2.24) is 9.97 Å². The van der Waals surface area contributed by atoms with Gasteiger partial charge in [-0.1, -0.05) is 11.6 Å². The fourth-order valence-electron chi connectivity index (χ4n) is 1.51. The first kappa shape index (κ1) is 14.0. The van der Waals surface area contributed by atoms with E-state index in [1.807, 2.05) is 23.8 Å². The molecular formula is C12H15ClN4OS. The lowest BCUT2D eigenvalue weighted by molar-refractivity contribution is 0.192. The van der Waals surface area contributed by atoms with Crippen LogP contribution in [0, 0.1) is 0 Å². The Morgan fingerprint density at radius 3 is 3.00 bits per heavy atom. The Labute approximate surface area is 120 Å². The van der Waals surface area contributed by atoms with Gasteiger partial charge in [0.05, 0.1) is 12.3 Å². The first-order valence-electron chi connectivity index (χ1n) is 5.91. The third-order valence-electron chi connectivity index (χ3n) is 2.47.